The average molecular weight is 304 g/mol. The summed E-state index contributed by atoms with van der Waals surface area (Å²) in [7, 11) is 1.60. The van der Waals surface area contributed by atoms with Crippen molar-refractivity contribution in [2.24, 2.45) is 0 Å². The first-order valence-corrected chi connectivity index (χ1v) is 6.76. The second kappa shape index (κ2) is 13.5. The van der Waals surface area contributed by atoms with E-state index in [1.807, 2.05) is 0 Å². The molecule has 0 spiro atoms. The average Bonchev–Trinajstić information content (AvgIpc) is 2.45. The Bertz CT molecular complexity index is 314. The molecule has 0 aliphatic heterocycles. The van der Waals surface area contributed by atoms with Crippen LogP contribution in [0, 0.1) is 0 Å². The molecule has 0 heterocycles. The van der Waals surface area contributed by atoms with Gasteiger partial charge < -0.3 is 23.7 Å². The Kier molecular flexibility index (Phi) is 12.6. The zero-order chi connectivity index (χ0) is 15.9. The molecule has 0 rings (SSSR count). The van der Waals surface area contributed by atoms with Gasteiger partial charge in [-0.25, -0.2) is 4.79 Å². The highest BCUT2D eigenvalue weighted by atomic mass is 16.6. The van der Waals surface area contributed by atoms with E-state index in [1.54, 1.807) is 14.0 Å². The molecule has 0 aliphatic carbocycles. The summed E-state index contributed by atoms with van der Waals surface area (Å²) in [5.74, 6) is -1.12. The van der Waals surface area contributed by atoms with Crippen molar-refractivity contribution in [3.05, 3.63) is 12.2 Å². The van der Waals surface area contributed by atoms with Crippen LogP contribution in [0.1, 0.15) is 13.3 Å². The summed E-state index contributed by atoms with van der Waals surface area (Å²) in [6.07, 6.45) is -0.166. The molecule has 0 saturated carbocycles. The van der Waals surface area contributed by atoms with Crippen molar-refractivity contribution in [1.29, 1.82) is 0 Å². The minimum Gasteiger partial charge on any atom is -0.466 e. The molecule has 0 aromatic heterocycles. The molecular weight excluding hydrogens is 280 g/mol. The number of hydrogen-bond donors (Lipinski definition) is 0. The molecule has 0 unspecified atom stereocenters. The summed E-state index contributed by atoms with van der Waals surface area (Å²) in [6, 6.07) is 0. The lowest BCUT2D eigenvalue weighted by Crippen LogP contribution is -2.16. The summed E-state index contributed by atoms with van der Waals surface area (Å²) in [5.41, 5.74) is 0.0661. The van der Waals surface area contributed by atoms with Crippen LogP contribution in [0.25, 0.3) is 0 Å². The Morgan fingerprint density at radius 1 is 0.905 bits per heavy atom. The van der Waals surface area contributed by atoms with Crippen LogP contribution in [0.2, 0.25) is 0 Å². The molecule has 7 heteroatoms. The smallest absolute Gasteiger partial charge is 0.334 e. The van der Waals surface area contributed by atoms with Gasteiger partial charge in [0.2, 0.25) is 0 Å². The number of carbonyl (C=O) groups is 2. The Hall–Kier alpha value is -1.44. The Balaban J connectivity index is 3.48. The number of esters is 2. The molecule has 21 heavy (non-hydrogen) atoms. The maximum Gasteiger partial charge on any atom is 0.334 e. The van der Waals surface area contributed by atoms with Gasteiger partial charge in [-0.1, -0.05) is 6.58 Å². The molecule has 7 nitrogen and oxygen atoms in total. The van der Waals surface area contributed by atoms with Gasteiger partial charge >= 0.3 is 11.9 Å². The quantitative estimate of drug-likeness (QED) is 0.282. The topological polar surface area (TPSA) is 80.3 Å². The third-order valence-corrected chi connectivity index (χ3v) is 2.22. The minimum atomic E-state index is -0.622. The van der Waals surface area contributed by atoms with Crippen molar-refractivity contribution in [3.63, 3.8) is 0 Å². The van der Waals surface area contributed by atoms with Crippen molar-refractivity contribution in [2.45, 2.75) is 13.3 Å². The van der Waals surface area contributed by atoms with E-state index in [9.17, 15) is 9.59 Å². The van der Waals surface area contributed by atoms with Crippen LogP contribution in [-0.2, 0) is 33.3 Å². The third kappa shape index (κ3) is 12.0. The highest BCUT2D eigenvalue weighted by molar-refractivity contribution is 5.93. The molecule has 0 saturated heterocycles. The van der Waals surface area contributed by atoms with Crippen LogP contribution in [-0.4, -0.2) is 65.3 Å². The van der Waals surface area contributed by atoms with E-state index in [0.29, 0.717) is 26.4 Å². The molecule has 0 aromatic rings. The standard InChI is InChI=1S/C14H24O7/c1-4-20-13(15)11-12(2)14(16)21-10-9-19-8-7-18-6-5-17-3/h2,4-11H2,1,3H3. The van der Waals surface area contributed by atoms with Crippen molar-refractivity contribution in [1.82, 2.24) is 0 Å². The van der Waals surface area contributed by atoms with Gasteiger partial charge in [0.15, 0.2) is 0 Å². The number of rotatable bonds is 13. The lowest BCUT2D eigenvalue weighted by molar-refractivity contribution is -0.146. The number of methoxy groups -OCH3 is 1. The Morgan fingerprint density at radius 3 is 2.05 bits per heavy atom. The van der Waals surface area contributed by atoms with E-state index in [1.165, 1.54) is 0 Å². The summed E-state index contributed by atoms with van der Waals surface area (Å²) in [4.78, 5) is 22.6. The first-order valence-electron chi connectivity index (χ1n) is 6.76. The first-order chi connectivity index (χ1) is 10.1. The van der Waals surface area contributed by atoms with Gasteiger partial charge in [0.05, 0.1) is 46.1 Å². The van der Waals surface area contributed by atoms with Gasteiger partial charge in [-0.3, -0.25) is 4.79 Å². The molecule has 0 aliphatic rings. The minimum absolute atomic E-state index is 0.0661. The van der Waals surface area contributed by atoms with E-state index in [2.05, 4.69) is 6.58 Å². The Morgan fingerprint density at radius 2 is 1.48 bits per heavy atom. The van der Waals surface area contributed by atoms with Crippen LogP contribution in [0.15, 0.2) is 12.2 Å². The third-order valence-electron chi connectivity index (χ3n) is 2.22. The van der Waals surface area contributed by atoms with E-state index in [-0.39, 0.29) is 31.8 Å². The monoisotopic (exact) mass is 304 g/mol. The molecule has 122 valence electrons. The molecule has 0 fully saturated rings. The van der Waals surface area contributed by atoms with Crippen LogP contribution in [0.4, 0.5) is 0 Å². The zero-order valence-corrected chi connectivity index (χ0v) is 12.7. The van der Waals surface area contributed by atoms with Gasteiger partial charge in [0.1, 0.15) is 6.61 Å². The maximum atomic E-state index is 11.5. The van der Waals surface area contributed by atoms with Gasteiger partial charge in [-0.05, 0) is 6.92 Å². The SMILES string of the molecule is C=C(CC(=O)OCC)C(=O)OCCOCCOCCOC. The summed E-state index contributed by atoms with van der Waals surface area (Å²) in [5, 5.41) is 0. The molecule has 0 atom stereocenters. The second-order valence-electron chi connectivity index (χ2n) is 3.94. The summed E-state index contributed by atoms with van der Waals surface area (Å²) >= 11 is 0. The Labute approximate surface area is 125 Å². The van der Waals surface area contributed by atoms with Crippen LogP contribution < -0.4 is 0 Å². The fourth-order valence-electron chi connectivity index (χ4n) is 1.22. The van der Waals surface area contributed by atoms with Crippen molar-refractivity contribution in [3.8, 4) is 0 Å². The largest absolute Gasteiger partial charge is 0.466 e. The van der Waals surface area contributed by atoms with Crippen LogP contribution >= 0.6 is 0 Å². The molecule has 0 bridgehead atoms. The van der Waals surface area contributed by atoms with Crippen molar-refractivity contribution < 1.29 is 33.3 Å². The predicted octanol–water partition coefficient (Wildman–Crippen LogP) is 0.719. The number of carbonyl (C=O) groups excluding carboxylic acids is 2. The molecule has 0 radical (unpaired) electrons. The van der Waals surface area contributed by atoms with Crippen molar-refractivity contribution >= 4 is 11.9 Å². The first kappa shape index (κ1) is 19.6. The summed E-state index contributed by atoms with van der Waals surface area (Å²) in [6.45, 7) is 7.71. The van der Waals surface area contributed by atoms with E-state index < -0.39 is 11.9 Å². The highest BCUT2D eigenvalue weighted by Crippen LogP contribution is 2.02. The van der Waals surface area contributed by atoms with Gasteiger partial charge in [-0.2, -0.15) is 0 Å². The van der Waals surface area contributed by atoms with Crippen LogP contribution in [0.5, 0.6) is 0 Å². The van der Waals surface area contributed by atoms with E-state index in [4.69, 9.17) is 23.7 Å². The normalized spacial score (nSPS) is 10.2. The zero-order valence-electron chi connectivity index (χ0n) is 12.7. The van der Waals surface area contributed by atoms with Crippen molar-refractivity contribution in [2.75, 3.05) is 53.4 Å². The number of ether oxygens (including phenoxy) is 5. The number of hydrogen-bond acceptors (Lipinski definition) is 7. The van der Waals surface area contributed by atoms with E-state index >= 15 is 0 Å². The predicted molar refractivity (Wildman–Crippen MR) is 74.9 cm³/mol. The van der Waals surface area contributed by atoms with Crippen LogP contribution in [0.3, 0.4) is 0 Å². The molecule has 0 amide bonds. The molecular formula is C14H24O7. The lowest BCUT2D eigenvalue weighted by Gasteiger charge is -2.08. The van der Waals surface area contributed by atoms with Gasteiger partial charge in [-0.15, -0.1) is 0 Å². The molecule has 0 aromatic carbocycles. The lowest BCUT2D eigenvalue weighted by atomic mass is 10.2. The molecule has 0 N–H and O–H groups in total. The maximum absolute atomic E-state index is 11.5. The summed E-state index contributed by atoms with van der Waals surface area (Å²) < 4.78 is 24.8. The fraction of sp³-hybridized carbons (Fsp3) is 0.714. The second-order valence-corrected chi connectivity index (χ2v) is 3.94. The van der Waals surface area contributed by atoms with Gasteiger partial charge in [0.25, 0.3) is 0 Å². The van der Waals surface area contributed by atoms with E-state index in [0.717, 1.165) is 0 Å². The highest BCUT2D eigenvalue weighted by Gasteiger charge is 2.13. The van der Waals surface area contributed by atoms with Gasteiger partial charge in [0, 0.05) is 12.7 Å². The fourth-order valence-corrected chi connectivity index (χ4v) is 1.22.